The van der Waals surface area contributed by atoms with E-state index < -0.39 is 0 Å². The van der Waals surface area contributed by atoms with Crippen molar-refractivity contribution in [2.24, 2.45) is 5.10 Å². The second-order valence-corrected chi connectivity index (χ2v) is 9.01. The van der Waals surface area contributed by atoms with E-state index in [1.165, 1.54) is 14.4 Å². The van der Waals surface area contributed by atoms with Crippen molar-refractivity contribution >= 4 is 11.9 Å². The maximum Gasteiger partial charge on any atom is 0.540 e. The first kappa shape index (κ1) is 23.4. The second kappa shape index (κ2) is 9.05. The molecule has 0 atom stereocenters. The Hall–Kier alpha value is -3.30. The van der Waals surface area contributed by atoms with E-state index >= 15 is 0 Å². The summed E-state index contributed by atoms with van der Waals surface area (Å²) in [5, 5.41) is 16.5. The van der Waals surface area contributed by atoms with Gasteiger partial charge in [-0.15, -0.1) is 5.10 Å². The van der Waals surface area contributed by atoms with E-state index in [0.29, 0.717) is 11.7 Å². The number of hydrazine groups is 1. The lowest BCUT2D eigenvalue weighted by molar-refractivity contribution is -0.788. The number of aromatic nitrogens is 4. The van der Waals surface area contributed by atoms with Crippen LogP contribution in [0.25, 0.3) is 11.4 Å². The van der Waals surface area contributed by atoms with Crippen LogP contribution < -0.4 is 15.8 Å². The lowest BCUT2D eigenvalue weighted by Gasteiger charge is -2.37. The van der Waals surface area contributed by atoms with E-state index in [2.05, 4.69) is 20.7 Å². The van der Waals surface area contributed by atoms with E-state index in [9.17, 15) is 9.59 Å². The van der Waals surface area contributed by atoms with Crippen molar-refractivity contribution in [2.45, 2.75) is 79.6 Å². The third kappa shape index (κ3) is 4.49. The third-order valence-electron chi connectivity index (χ3n) is 5.03. The number of carbonyl (C=O) groups excluding carboxylic acids is 1. The van der Waals surface area contributed by atoms with Gasteiger partial charge in [-0.3, -0.25) is 5.43 Å². The summed E-state index contributed by atoms with van der Waals surface area (Å²) in [6.45, 7) is 15.4. The van der Waals surface area contributed by atoms with Crippen LogP contribution in [0.15, 0.2) is 34.2 Å². The van der Waals surface area contributed by atoms with Crippen molar-refractivity contribution in [1.29, 1.82) is 0 Å². The number of nitrogens with one attached hydrogen (secondary N) is 1. The highest BCUT2D eigenvalue weighted by Crippen LogP contribution is 2.18. The summed E-state index contributed by atoms with van der Waals surface area (Å²) >= 11 is 0. The fraction of sp³-hybridized carbons (Fsp3) is 0.545. The Morgan fingerprint density at radius 1 is 0.844 bits per heavy atom. The van der Waals surface area contributed by atoms with Gasteiger partial charge in [0.25, 0.3) is 0 Å². The maximum absolute atomic E-state index is 12.7. The average Bonchev–Trinajstić information content (AvgIpc) is 2.73. The maximum atomic E-state index is 12.7. The number of amides is 2. The number of carbonyl (C=O) groups is 1. The van der Waals surface area contributed by atoms with E-state index in [1.54, 1.807) is 5.01 Å². The molecule has 2 heterocycles. The van der Waals surface area contributed by atoms with Gasteiger partial charge in [0.1, 0.15) is 12.1 Å². The molecular weight excluding hydrogens is 408 g/mol. The fourth-order valence-corrected chi connectivity index (χ4v) is 3.23. The van der Waals surface area contributed by atoms with Crippen molar-refractivity contribution in [3.63, 3.8) is 0 Å². The van der Waals surface area contributed by atoms with Crippen molar-refractivity contribution in [1.82, 2.24) is 30.3 Å². The third-order valence-corrected chi connectivity index (χ3v) is 5.03. The molecule has 32 heavy (non-hydrogen) atoms. The minimum absolute atomic E-state index is 0.0366. The van der Waals surface area contributed by atoms with Crippen LogP contribution in [0.5, 0.6) is 0 Å². The normalized spacial score (nSPS) is 14.6. The standard InChI is InChI=1S/C22H33N8O2/c1-13(2)27-21(31)28(14(3)4)24-19(23-27)17-9-11-18(12-10-17)20-25-29(15(5)6)22(32)30(26-20)16(7)8/h9-16H,1-8H3,(H,23,24)/q+1. The zero-order chi connectivity index (χ0) is 23.7. The SMILES string of the molecule is CC(C)N1N=C(c2ccc(-c3nn(C(C)C)c(=O)[n+](C(C)C)n3)cc2)NN(C(C)C)C1=O. The Balaban J connectivity index is 2.00. The molecule has 10 heteroatoms. The Labute approximate surface area is 188 Å². The molecule has 1 aromatic carbocycles. The van der Waals surface area contributed by atoms with Gasteiger partial charge in [0.2, 0.25) is 5.82 Å². The Morgan fingerprint density at radius 3 is 1.94 bits per heavy atom. The molecule has 0 spiro atoms. The molecule has 10 nitrogen and oxygen atoms in total. The van der Waals surface area contributed by atoms with Crippen molar-refractivity contribution in [3.8, 4) is 11.4 Å². The number of hydrogen-bond donors (Lipinski definition) is 1. The number of hydrazone groups is 1. The minimum atomic E-state index is -0.233. The van der Waals surface area contributed by atoms with Gasteiger partial charge in [0.15, 0.2) is 5.84 Å². The highest BCUT2D eigenvalue weighted by Gasteiger charge is 2.31. The van der Waals surface area contributed by atoms with E-state index in [0.717, 1.165) is 11.1 Å². The first-order valence-corrected chi connectivity index (χ1v) is 11.0. The molecule has 2 aromatic rings. The van der Waals surface area contributed by atoms with E-state index in [-0.39, 0.29) is 35.9 Å². The summed E-state index contributed by atoms with van der Waals surface area (Å²) in [7, 11) is 0. The van der Waals surface area contributed by atoms with Crippen LogP contribution in [-0.4, -0.2) is 48.8 Å². The van der Waals surface area contributed by atoms with Crippen LogP contribution in [0, 0.1) is 0 Å². The minimum Gasteiger partial charge on any atom is -0.276 e. The van der Waals surface area contributed by atoms with Crippen LogP contribution in [0.2, 0.25) is 0 Å². The van der Waals surface area contributed by atoms with Crippen LogP contribution in [0.3, 0.4) is 0 Å². The van der Waals surface area contributed by atoms with E-state index in [4.69, 9.17) is 0 Å². The fourth-order valence-electron chi connectivity index (χ4n) is 3.23. The van der Waals surface area contributed by atoms with Gasteiger partial charge in [0.05, 0.1) is 6.04 Å². The monoisotopic (exact) mass is 441 g/mol. The van der Waals surface area contributed by atoms with Gasteiger partial charge in [-0.2, -0.15) is 4.79 Å². The molecule has 0 aliphatic carbocycles. The highest BCUT2D eigenvalue weighted by atomic mass is 16.2. The molecule has 0 saturated carbocycles. The Bertz CT molecular complexity index is 1040. The van der Waals surface area contributed by atoms with Gasteiger partial charge >= 0.3 is 11.7 Å². The molecule has 2 amide bonds. The van der Waals surface area contributed by atoms with Crippen molar-refractivity contribution < 1.29 is 9.48 Å². The molecule has 0 radical (unpaired) electrons. The zero-order valence-corrected chi connectivity index (χ0v) is 20.1. The molecule has 1 aromatic heterocycles. The molecule has 3 rings (SSSR count). The largest absolute Gasteiger partial charge is 0.540 e. The predicted molar refractivity (Wildman–Crippen MR) is 122 cm³/mol. The number of nitrogens with zero attached hydrogens (tertiary/aromatic N) is 7. The van der Waals surface area contributed by atoms with Gasteiger partial charge < -0.3 is 0 Å². The quantitative estimate of drug-likeness (QED) is 0.694. The summed E-state index contributed by atoms with van der Waals surface area (Å²) in [5.74, 6) is 1.06. The lowest BCUT2D eigenvalue weighted by Crippen LogP contribution is -2.59. The summed E-state index contributed by atoms with van der Waals surface area (Å²) in [5.41, 5.74) is 4.51. The molecule has 0 saturated heterocycles. The molecule has 0 unspecified atom stereocenters. The number of hydrogen-bond acceptors (Lipinski definition) is 6. The van der Waals surface area contributed by atoms with Crippen LogP contribution in [0.4, 0.5) is 4.79 Å². The topological polar surface area (TPSA) is 99.6 Å². The summed E-state index contributed by atoms with van der Waals surface area (Å²) in [4.78, 5) is 25.3. The summed E-state index contributed by atoms with van der Waals surface area (Å²) in [6, 6.07) is 7.13. The average molecular weight is 442 g/mol. The summed E-state index contributed by atoms with van der Waals surface area (Å²) < 4.78 is 2.91. The summed E-state index contributed by atoms with van der Waals surface area (Å²) in [6.07, 6.45) is 0. The highest BCUT2D eigenvalue weighted by molar-refractivity contribution is 6.01. The van der Waals surface area contributed by atoms with Gasteiger partial charge in [-0.1, -0.05) is 43.8 Å². The van der Waals surface area contributed by atoms with Crippen LogP contribution >= 0.6 is 0 Å². The first-order chi connectivity index (χ1) is 15.0. The lowest BCUT2D eigenvalue weighted by atomic mass is 10.1. The Morgan fingerprint density at radius 2 is 1.44 bits per heavy atom. The molecule has 1 aliphatic heterocycles. The molecular formula is C22H33N8O2+. The van der Waals surface area contributed by atoms with Crippen molar-refractivity contribution in [3.05, 3.63) is 40.3 Å². The van der Waals surface area contributed by atoms with Crippen LogP contribution in [-0.2, 0) is 0 Å². The van der Waals surface area contributed by atoms with Crippen molar-refractivity contribution in [2.75, 3.05) is 0 Å². The Kier molecular flexibility index (Phi) is 6.61. The molecule has 0 fully saturated rings. The second-order valence-electron chi connectivity index (χ2n) is 9.01. The first-order valence-electron chi connectivity index (χ1n) is 11.0. The van der Waals surface area contributed by atoms with Gasteiger partial charge in [-0.25, -0.2) is 14.8 Å². The number of rotatable bonds is 6. The predicted octanol–water partition coefficient (Wildman–Crippen LogP) is 2.48. The molecule has 1 aliphatic rings. The van der Waals surface area contributed by atoms with Crippen LogP contribution in [0.1, 0.15) is 73.0 Å². The molecule has 0 bridgehead atoms. The smallest absolute Gasteiger partial charge is 0.276 e. The molecule has 1 N–H and O–H groups in total. The zero-order valence-electron chi connectivity index (χ0n) is 20.1. The van der Waals surface area contributed by atoms with Gasteiger partial charge in [-0.05, 0) is 55.4 Å². The number of amidine groups is 1. The van der Waals surface area contributed by atoms with E-state index in [1.807, 2.05) is 79.7 Å². The molecule has 172 valence electrons. The van der Waals surface area contributed by atoms with Gasteiger partial charge in [0, 0.05) is 17.2 Å². The number of urea groups is 1. The number of benzene rings is 1.